The molecule has 170 valence electrons. The van der Waals surface area contributed by atoms with Crippen LogP contribution in [0.2, 0.25) is 0 Å². The molecular formula is C24H33Cl2N3OS. The fourth-order valence-electron chi connectivity index (χ4n) is 3.89. The van der Waals surface area contributed by atoms with Gasteiger partial charge in [0.2, 0.25) is 0 Å². The second-order valence-electron chi connectivity index (χ2n) is 8.60. The van der Waals surface area contributed by atoms with Crippen LogP contribution in [0, 0.1) is 0 Å². The first-order chi connectivity index (χ1) is 13.9. The highest BCUT2D eigenvalue weighted by molar-refractivity contribution is 7.17. The van der Waals surface area contributed by atoms with Gasteiger partial charge < -0.3 is 14.9 Å². The highest BCUT2D eigenvalue weighted by Crippen LogP contribution is 2.34. The maximum atomic E-state index is 9.96. The lowest BCUT2D eigenvalue weighted by Gasteiger charge is -2.35. The summed E-state index contributed by atoms with van der Waals surface area (Å²) in [5, 5.41) is 13.4. The van der Waals surface area contributed by atoms with E-state index in [9.17, 15) is 5.11 Å². The lowest BCUT2D eigenvalue weighted by atomic mass is 9.98. The van der Waals surface area contributed by atoms with Crippen LogP contribution in [0.5, 0.6) is 0 Å². The van der Waals surface area contributed by atoms with Gasteiger partial charge >= 0.3 is 0 Å². The van der Waals surface area contributed by atoms with Crippen LogP contribution in [0.25, 0.3) is 21.3 Å². The summed E-state index contributed by atoms with van der Waals surface area (Å²) in [6.45, 7) is 11.4. The molecule has 1 fully saturated rings. The van der Waals surface area contributed by atoms with Crippen LogP contribution in [0.15, 0.2) is 41.8 Å². The number of pyridine rings is 1. The van der Waals surface area contributed by atoms with E-state index in [2.05, 4.69) is 58.5 Å². The number of thiophene rings is 1. The molecule has 0 amide bonds. The number of piperazine rings is 1. The van der Waals surface area contributed by atoms with Crippen molar-refractivity contribution >= 4 is 52.1 Å². The van der Waals surface area contributed by atoms with E-state index in [0.717, 1.165) is 62.6 Å². The number of anilines is 1. The smallest absolute Gasteiger partial charge is 0.147 e. The molecule has 1 saturated heterocycles. The molecule has 1 N–H and O–H groups in total. The summed E-state index contributed by atoms with van der Waals surface area (Å²) in [7, 11) is 0. The molecule has 0 radical (unpaired) electrons. The Morgan fingerprint density at radius 1 is 1.03 bits per heavy atom. The zero-order valence-electron chi connectivity index (χ0n) is 18.5. The third kappa shape index (κ3) is 6.33. The number of hydrogen-bond acceptors (Lipinski definition) is 5. The van der Waals surface area contributed by atoms with Crippen molar-refractivity contribution < 1.29 is 5.11 Å². The fourth-order valence-corrected chi connectivity index (χ4v) is 4.78. The molecule has 0 spiro atoms. The summed E-state index contributed by atoms with van der Waals surface area (Å²) in [5.41, 5.74) is 2.82. The normalized spacial score (nSPS) is 14.9. The second-order valence-corrected chi connectivity index (χ2v) is 9.52. The minimum Gasteiger partial charge on any atom is -0.390 e. The van der Waals surface area contributed by atoms with Gasteiger partial charge in [0.15, 0.2) is 0 Å². The summed E-state index contributed by atoms with van der Waals surface area (Å²) in [5.74, 6) is 1.13. The van der Waals surface area contributed by atoms with Crippen LogP contribution in [0.4, 0.5) is 5.82 Å². The standard InChI is InChI=1S/C24H31N3OS.2ClH/c1-4-26-12-14-27(15-13-26)23-22-20(10-16-29-22)17-21(25-23)19-7-5-18(6-8-19)9-11-24(2,3)28;;/h5-8,10,16-17,28H,4,9,11-15H2,1-3H3;2*1H. The van der Waals surface area contributed by atoms with Crippen LogP contribution in [0.3, 0.4) is 0 Å². The molecule has 3 heterocycles. The minimum atomic E-state index is -0.624. The van der Waals surface area contributed by atoms with Crippen molar-refractivity contribution in [3.8, 4) is 11.3 Å². The van der Waals surface area contributed by atoms with Crippen molar-refractivity contribution in [3.05, 3.63) is 47.3 Å². The average Bonchev–Trinajstić information content (AvgIpc) is 3.20. The molecule has 1 aromatic carbocycles. The number of rotatable bonds is 6. The molecule has 4 rings (SSSR count). The Bertz CT molecular complexity index is 961. The molecule has 0 atom stereocenters. The fraction of sp³-hybridized carbons (Fsp3) is 0.458. The Kier molecular flexibility index (Phi) is 9.16. The van der Waals surface area contributed by atoms with E-state index in [1.165, 1.54) is 15.6 Å². The molecule has 4 nitrogen and oxygen atoms in total. The topological polar surface area (TPSA) is 39.6 Å². The zero-order valence-corrected chi connectivity index (χ0v) is 21.0. The largest absolute Gasteiger partial charge is 0.390 e. The maximum Gasteiger partial charge on any atom is 0.147 e. The number of aromatic nitrogens is 1. The first-order valence-corrected chi connectivity index (χ1v) is 11.5. The van der Waals surface area contributed by atoms with E-state index in [1.54, 1.807) is 11.3 Å². The molecule has 7 heteroatoms. The van der Waals surface area contributed by atoms with E-state index < -0.39 is 5.60 Å². The number of fused-ring (bicyclic) bond motifs is 1. The van der Waals surface area contributed by atoms with Gasteiger partial charge in [0.1, 0.15) is 5.82 Å². The molecule has 1 aliphatic rings. The summed E-state index contributed by atoms with van der Waals surface area (Å²) in [6, 6.07) is 13.1. The predicted molar refractivity (Wildman–Crippen MR) is 138 cm³/mol. The van der Waals surface area contributed by atoms with Crippen molar-refractivity contribution in [2.45, 2.75) is 39.2 Å². The van der Waals surface area contributed by atoms with Crippen LogP contribution in [-0.2, 0) is 6.42 Å². The van der Waals surface area contributed by atoms with E-state index in [-0.39, 0.29) is 24.8 Å². The van der Waals surface area contributed by atoms with E-state index in [0.29, 0.717) is 0 Å². The maximum absolute atomic E-state index is 9.96. The lowest BCUT2D eigenvalue weighted by Crippen LogP contribution is -2.46. The molecule has 3 aromatic rings. The van der Waals surface area contributed by atoms with Gasteiger partial charge in [-0.1, -0.05) is 31.2 Å². The van der Waals surface area contributed by atoms with E-state index in [1.807, 2.05) is 13.8 Å². The van der Waals surface area contributed by atoms with Gasteiger partial charge in [-0.25, -0.2) is 4.98 Å². The number of aryl methyl sites for hydroxylation is 1. The first-order valence-electron chi connectivity index (χ1n) is 10.6. The van der Waals surface area contributed by atoms with Crippen LogP contribution in [-0.4, -0.2) is 53.3 Å². The predicted octanol–water partition coefficient (Wildman–Crippen LogP) is 5.65. The molecular weight excluding hydrogens is 449 g/mol. The number of hydrogen-bond donors (Lipinski definition) is 1. The average molecular weight is 483 g/mol. The number of benzene rings is 1. The van der Waals surface area contributed by atoms with Crippen LogP contribution < -0.4 is 4.90 Å². The van der Waals surface area contributed by atoms with Crippen LogP contribution >= 0.6 is 36.2 Å². The number of nitrogens with zero attached hydrogens (tertiary/aromatic N) is 3. The molecule has 0 unspecified atom stereocenters. The summed E-state index contributed by atoms with van der Waals surface area (Å²) >= 11 is 1.79. The van der Waals surface area contributed by atoms with E-state index >= 15 is 0 Å². The van der Waals surface area contributed by atoms with Crippen molar-refractivity contribution in [3.63, 3.8) is 0 Å². The van der Waals surface area contributed by atoms with E-state index in [4.69, 9.17) is 4.98 Å². The van der Waals surface area contributed by atoms with Gasteiger partial charge in [0.25, 0.3) is 0 Å². The Morgan fingerprint density at radius 2 is 1.71 bits per heavy atom. The van der Waals surface area contributed by atoms with Gasteiger partial charge in [0, 0.05) is 31.7 Å². The van der Waals surface area contributed by atoms with Gasteiger partial charge in [0.05, 0.1) is 16.0 Å². The summed E-state index contributed by atoms with van der Waals surface area (Å²) in [6.07, 6.45) is 1.65. The van der Waals surface area contributed by atoms with Crippen molar-refractivity contribution in [2.75, 3.05) is 37.6 Å². The zero-order chi connectivity index (χ0) is 20.4. The summed E-state index contributed by atoms with van der Waals surface area (Å²) < 4.78 is 1.29. The molecule has 0 bridgehead atoms. The molecule has 0 aliphatic carbocycles. The third-order valence-electron chi connectivity index (χ3n) is 5.81. The van der Waals surface area contributed by atoms with Gasteiger partial charge in [-0.3, -0.25) is 0 Å². The van der Waals surface area contributed by atoms with Gasteiger partial charge in [-0.05, 0) is 61.7 Å². The van der Waals surface area contributed by atoms with Gasteiger partial charge in [-0.2, -0.15) is 0 Å². The van der Waals surface area contributed by atoms with Gasteiger partial charge in [-0.15, -0.1) is 36.2 Å². The summed E-state index contributed by atoms with van der Waals surface area (Å²) in [4.78, 5) is 10.1. The number of likely N-dealkylation sites (N-methyl/N-ethyl adjacent to an activating group) is 1. The Hall–Kier alpha value is -1.37. The van der Waals surface area contributed by atoms with Crippen LogP contribution in [0.1, 0.15) is 32.8 Å². The van der Waals surface area contributed by atoms with Crippen molar-refractivity contribution in [1.82, 2.24) is 9.88 Å². The first kappa shape index (κ1) is 25.9. The van der Waals surface area contributed by atoms with Crippen molar-refractivity contribution in [1.29, 1.82) is 0 Å². The minimum absolute atomic E-state index is 0. The molecule has 1 aliphatic heterocycles. The lowest BCUT2D eigenvalue weighted by molar-refractivity contribution is 0.0714. The third-order valence-corrected chi connectivity index (χ3v) is 6.74. The molecule has 0 saturated carbocycles. The molecule has 2 aromatic heterocycles. The Labute approximate surface area is 202 Å². The molecule has 31 heavy (non-hydrogen) atoms. The highest BCUT2D eigenvalue weighted by Gasteiger charge is 2.20. The highest BCUT2D eigenvalue weighted by atomic mass is 35.5. The Morgan fingerprint density at radius 3 is 2.32 bits per heavy atom. The van der Waals surface area contributed by atoms with Crippen molar-refractivity contribution in [2.24, 2.45) is 0 Å². The quantitative estimate of drug-likeness (QED) is 0.493. The number of aliphatic hydroxyl groups is 1. The Balaban J connectivity index is 0.00000171. The SMILES string of the molecule is CCN1CCN(c2nc(-c3ccc(CCC(C)(C)O)cc3)cc3ccsc23)CC1.Cl.Cl. The monoisotopic (exact) mass is 481 g/mol. The number of halogens is 2. The second kappa shape index (κ2) is 11.0.